The minimum atomic E-state index is 1.00. The van der Waals surface area contributed by atoms with Crippen molar-refractivity contribution in [3.05, 3.63) is 0 Å². The van der Waals surface area contributed by atoms with Gasteiger partial charge in [-0.25, -0.2) is 0 Å². The highest BCUT2D eigenvalue weighted by Crippen LogP contribution is 2.32. The summed E-state index contributed by atoms with van der Waals surface area (Å²) < 4.78 is 2.51. The van der Waals surface area contributed by atoms with Gasteiger partial charge < -0.3 is 4.90 Å². The first-order chi connectivity index (χ1) is 6.79. The van der Waals surface area contributed by atoms with E-state index in [4.69, 9.17) is 0 Å². The van der Waals surface area contributed by atoms with Crippen LogP contribution in [0.5, 0.6) is 0 Å². The summed E-state index contributed by atoms with van der Waals surface area (Å²) in [5.41, 5.74) is 0. The number of rotatable bonds is 2. The van der Waals surface area contributed by atoms with Gasteiger partial charge in [-0.15, -0.1) is 0 Å². The van der Waals surface area contributed by atoms with Crippen molar-refractivity contribution in [2.75, 3.05) is 39.5 Å². The molecule has 1 atom stereocenters. The summed E-state index contributed by atoms with van der Waals surface area (Å²) in [6, 6.07) is 0. The fourth-order valence-electron chi connectivity index (χ4n) is 2.88. The molecule has 0 bridgehead atoms. The fraction of sp³-hybridized carbons (Fsp3) is 1.00. The lowest BCUT2D eigenvalue weighted by Crippen LogP contribution is -2.32. The van der Waals surface area contributed by atoms with Crippen molar-refractivity contribution in [3.8, 4) is 0 Å². The predicted octanol–water partition coefficient (Wildman–Crippen LogP) is 1.93. The molecule has 82 valence electrons. The maximum Gasteiger partial charge on any atom is 0.00919 e. The van der Waals surface area contributed by atoms with Gasteiger partial charge in [0.15, 0.2) is 0 Å². The average Bonchev–Trinajstić information content (AvgIpc) is 2.65. The van der Waals surface area contributed by atoms with Crippen LogP contribution >= 0.6 is 11.9 Å². The van der Waals surface area contributed by atoms with Crippen molar-refractivity contribution >= 4 is 11.9 Å². The minimum Gasteiger partial charge on any atom is -0.306 e. The second-order valence-corrected chi connectivity index (χ2v) is 5.64. The van der Waals surface area contributed by atoms with Gasteiger partial charge in [0.2, 0.25) is 0 Å². The molecule has 2 aliphatic heterocycles. The molecule has 0 aromatic rings. The van der Waals surface area contributed by atoms with Crippen LogP contribution in [-0.4, -0.2) is 48.7 Å². The average molecular weight is 214 g/mol. The van der Waals surface area contributed by atoms with Crippen LogP contribution in [0, 0.1) is 11.8 Å². The Balaban J connectivity index is 1.78. The number of nitrogens with zero attached hydrogens (tertiary/aromatic N) is 2. The van der Waals surface area contributed by atoms with Gasteiger partial charge in [-0.3, -0.25) is 4.31 Å². The number of hydrogen-bond donors (Lipinski definition) is 0. The molecule has 14 heavy (non-hydrogen) atoms. The molecule has 2 aliphatic rings. The Labute approximate surface area is 92.2 Å². The monoisotopic (exact) mass is 214 g/mol. The smallest absolute Gasteiger partial charge is 0.00919 e. The van der Waals surface area contributed by atoms with Crippen LogP contribution in [0.25, 0.3) is 0 Å². The van der Waals surface area contributed by atoms with Crippen molar-refractivity contribution in [1.29, 1.82) is 0 Å². The zero-order chi connectivity index (χ0) is 9.97. The van der Waals surface area contributed by atoms with E-state index in [1.807, 2.05) is 11.9 Å². The predicted molar refractivity (Wildman–Crippen MR) is 63.4 cm³/mol. The van der Waals surface area contributed by atoms with E-state index < -0.39 is 0 Å². The van der Waals surface area contributed by atoms with Crippen LogP contribution in [-0.2, 0) is 0 Å². The van der Waals surface area contributed by atoms with Crippen LogP contribution in [0.15, 0.2) is 0 Å². The second kappa shape index (κ2) is 4.86. The van der Waals surface area contributed by atoms with Crippen LogP contribution in [0.4, 0.5) is 0 Å². The Kier molecular flexibility index (Phi) is 3.74. The molecule has 1 unspecified atom stereocenters. The SMILES string of the molecule is CSN1CCC(C2CCN(C)C2)CC1. The minimum absolute atomic E-state index is 1.00. The Bertz CT molecular complexity index is 178. The van der Waals surface area contributed by atoms with Gasteiger partial charge in [-0.2, -0.15) is 0 Å². The third-order valence-corrected chi connectivity index (χ3v) is 4.73. The Hall–Kier alpha value is 0.270. The van der Waals surface area contributed by atoms with E-state index in [1.165, 1.54) is 45.4 Å². The summed E-state index contributed by atoms with van der Waals surface area (Å²) in [6.07, 6.45) is 6.50. The van der Waals surface area contributed by atoms with E-state index >= 15 is 0 Å². The Morgan fingerprint density at radius 2 is 1.64 bits per heavy atom. The normalized spacial score (nSPS) is 32.6. The molecule has 2 fully saturated rings. The first kappa shape index (κ1) is 10.8. The summed E-state index contributed by atoms with van der Waals surface area (Å²) in [7, 11) is 2.26. The first-order valence-corrected chi connectivity index (χ1v) is 6.95. The van der Waals surface area contributed by atoms with Crippen molar-refractivity contribution < 1.29 is 0 Å². The highest BCUT2D eigenvalue weighted by Gasteiger charge is 2.30. The van der Waals surface area contributed by atoms with Crippen LogP contribution in [0.3, 0.4) is 0 Å². The molecule has 0 aromatic carbocycles. The number of piperidine rings is 1. The van der Waals surface area contributed by atoms with Crippen molar-refractivity contribution in [3.63, 3.8) is 0 Å². The van der Waals surface area contributed by atoms with Crippen molar-refractivity contribution in [2.45, 2.75) is 19.3 Å². The Morgan fingerprint density at radius 3 is 2.14 bits per heavy atom. The largest absolute Gasteiger partial charge is 0.306 e. The van der Waals surface area contributed by atoms with E-state index in [-0.39, 0.29) is 0 Å². The van der Waals surface area contributed by atoms with Gasteiger partial charge in [-0.05, 0) is 50.9 Å². The number of likely N-dealkylation sites (tertiary alicyclic amines) is 1. The Morgan fingerprint density at radius 1 is 1.00 bits per heavy atom. The maximum atomic E-state index is 2.51. The summed E-state index contributed by atoms with van der Waals surface area (Å²) >= 11 is 1.91. The number of hydrogen-bond acceptors (Lipinski definition) is 3. The van der Waals surface area contributed by atoms with Gasteiger partial charge in [0, 0.05) is 19.6 Å². The first-order valence-electron chi connectivity index (χ1n) is 5.77. The standard InChI is InChI=1S/C11H22N2S/c1-12-6-3-11(9-12)10-4-7-13(14-2)8-5-10/h10-11H,3-9H2,1-2H3. The molecular formula is C11H22N2S. The van der Waals surface area contributed by atoms with Gasteiger partial charge in [0.25, 0.3) is 0 Å². The molecule has 3 heteroatoms. The summed E-state index contributed by atoms with van der Waals surface area (Å²) in [5.74, 6) is 2.02. The third kappa shape index (κ3) is 2.44. The van der Waals surface area contributed by atoms with Crippen LogP contribution in [0.1, 0.15) is 19.3 Å². The fourth-order valence-corrected chi connectivity index (χ4v) is 3.46. The quantitative estimate of drug-likeness (QED) is 0.649. The van der Waals surface area contributed by atoms with Gasteiger partial charge in [0.1, 0.15) is 0 Å². The lowest BCUT2D eigenvalue weighted by atomic mass is 9.84. The van der Waals surface area contributed by atoms with E-state index in [0.717, 1.165) is 11.8 Å². The highest BCUT2D eigenvalue weighted by atomic mass is 32.2. The zero-order valence-electron chi connectivity index (χ0n) is 9.41. The molecule has 0 aliphatic carbocycles. The van der Waals surface area contributed by atoms with Gasteiger partial charge >= 0.3 is 0 Å². The van der Waals surface area contributed by atoms with Gasteiger partial charge in [0.05, 0.1) is 0 Å². The van der Waals surface area contributed by atoms with Crippen molar-refractivity contribution in [1.82, 2.24) is 9.21 Å². The van der Waals surface area contributed by atoms with E-state index in [1.54, 1.807) is 0 Å². The molecule has 0 spiro atoms. The van der Waals surface area contributed by atoms with E-state index in [2.05, 4.69) is 22.5 Å². The lowest BCUT2D eigenvalue weighted by molar-refractivity contribution is 0.216. The highest BCUT2D eigenvalue weighted by molar-refractivity contribution is 7.96. The molecular weight excluding hydrogens is 192 g/mol. The van der Waals surface area contributed by atoms with Gasteiger partial charge in [-0.1, -0.05) is 11.9 Å². The molecule has 0 aromatic heterocycles. The molecule has 2 saturated heterocycles. The third-order valence-electron chi connectivity index (χ3n) is 3.85. The van der Waals surface area contributed by atoms with E-state index in [9.17, 15) is 0 Å². The van der Waals surface area contributed by atoms with Crippen LogP contribution in [0.2, 0.25) is 0 Å². The zero-order valence-corrected chi connectivity index (χ0v) is 10.2. The molecule has 0 amide bonds. The summed E-state index contributed by atoms with van der Waals surface area (Å²) in [4.78, 5) is 2.49. The molecule has 2 rings (SSSR count). The molecule has 0 saturated carbocycles. The lowest BCUT2D eigenvalue weighted by Gasteiger charge is -2.33. The maximum absolute atomic E-state index is 2.51. The summed E-state index contributed by atoms with van der Waals surface area (Å²) in [5, 5.41) is 0. The summed E-state index contributed by atoms with van der Waals surface area (Å²) in [6.45, 7) is 5.30. The molecule has 0 N–H and O–H groups in total. The molecule has 2 heterocycles. The van der Waals surface area contributed by atoms with Crippen LogP contribution < -0.4 is 0 Å². The molecule has 2 nitrogen and oxygen atoms in total. The second-order valence-electron chi connectivity index (χ2n) is 4.76. The van der Waals surface area contributed by atoms with E-state index in [0.29, 0.717) is 0 Å². The topological polar surface area (TPSA) is 6.48 Å². The van der Waals surface area contributed by atoms with Crippen molar-refractivity contribution in [2.24, 2.45) is 11.8 Å². The molecule has 0 radical (unpaired) electrons.